The number of nitrogens with zero attached hydrogens (tertiary/aromatic N) is 7. The topological polar surface area (TPSA) is 110 Å². The number of piperidine rings is 1. The number of likely N-dealkylation sites (tertiary alicyclic amines) is 1. The summed E-state index contributed by atoms with van der Waals surface area (Å²) >= 11 is 0. The van der Waals surface area contributed by atoms with Gasteiger partial charge in [-0.1, -0.05) is 11.3 Å². The number of cyclic esters (lactones) is 1. The third-order valence-electron chi connectivity index (χ3n) is 7.10. The van der Waals surface area contributed by atoms with Crippen molar-refractivity contribution in [2.24, 2.45) is 0 Å². The zero-order chi connectivity index (χ0) is 25.3. The second-order valence-electron chi connectivity index (χ2n) is 9.84. The minimum atomic E-state index is -0.819. The Morgan fingerprint density at radius 2 is 2.14 bits per heavy atom. The molecule has 2 atom stereocenters. The van der Waals surface area contributed by atoms with Crippen molar-refractivity contribution >= 4 is 12.0 Å². The summed E-state index contributed by atoms with van der Waals surface area (Å²) in [6.07, 6.45) is 12.0. The van der Waals surface area contributed by atoms with E-state index in [1.807, 2.05) is 34.6 Å². The third-order valence-corrected chi connectivity index (χ3v) is 7.10. The smallest absolute Gasteiger partial charge is 0.411 e. The van der Waals surface area contributed by atoms with E-state index in [0.29, 0.717) is 38.3 Å². The molecule has 192 valence electrons. The van der Waals surface area contributed by atoms with Gasteiger partial charge in [0.2, 0.25) is 5.91 Å². The van der Waals surface area contributed by atoms with Gasteiger partial charge in [-0.2, -0.15) is 0 Å². The third kappa shape index (κ3) is 4.98. The van der Waals surface area contributed by atoms with Crippen molar-refractivity contribution in [1.29, 1.82) is 0 Å². The molecule has 4 heterocycles. The van der Waals surface area contributed by atoms with E-state index in [2.05, 4.69) is 25.5 Å². The van der Waals surface area contributed by atoms with Gasteiger partial charge in [0.1, 0.15) is 17.6 Å². The lowest BCUT2D eigenvalue weighted by molar-refractivity contribution is -0.119. The van der Waals surface area contributed by atoms with Crippen molar-refractivity contribution < 1.29 is 18.7 Å². The number of halogens is 1. The summed E-state index contributed by atoms with van der Waals surface area (Å²) in [5.41, 5.74) is 0.631. The molecule has 5 rings (SSSR count). The lowest BCUT2D eigenvalue weighted by atomic mass is 9.89. The quantitative estimate of drug-likeness (QED) is 0.622. The summed E-state index contributed by atoms with van der Waals surface area (Å²) < 4.78 is 24.6. The van der Waals surface area contributed by atoms with E-state index >= 15 is 4.39 Å². The molecule has 2 fully saturated rings. The Balaban J connectivity index is 1.17. The molecule has 3 aliphatic rings. The van der Waals surface area contributed by atoms with Gasteiger partial charge in [0.25, 0.3) is 0 Å². The van der Waals surface area contributed by atoms with E-state index in [1.165, 1.54) is 13.0 Å². The fourth-order valence-corrected chi connectivity index (χ4v) is 5.08. The van der Waals surface area contributed by atoms with Crippen LogP contribution in [0.3, 0.4) is 0 Å². The van der Waals surface area contributed by atoms with Gasteiger partial charge >= 0.3 is 6.09 Å². The fourth-order valence-electron chi connectivity index (χ4n) is 5.08. The highest BCUT2D eigenvalue weighted by Gasteiger charge is 2.44. The first-order chi connectivity index (χ1) is 17.3. The van der Waals surface area contributed by atoms with E-state index in [-0.39, 0.29) is 24.3 Å². The number of carbonyl (C=O) groups is 2. The number of carbonyl (C=O) groups excluding carboxylic acids is 2. The summed E-state index contributed by atoms with van der Waals surface area (Å²) in [4.78, 5) is 31.3. The Bertz CT molecular complexity index is 1170. The predicted molar refractivity (Wildman–Crippen MR) is 127 cm³/mol. The number of ether oxygens (including phenoxy) is 1. The van der Waals surface area contributed by atoms with Gasteiger partial charge in [0, 0.05) is 32.4 Å². The zero-order valence-electron chi connectivity index (χ0n) is 20.5. The van der Waals surface area contributed by atoms with Crippen LogP contribution in [0.15, 0.2) is 48.6 Å². The largest absolute Gasteiger partial charge is 0.442 e. The molecule has 0 radical (unpaired) electrons. The van der Waals surface area contributed by atoms with Crippen LogP contribution in [0.5, 0.6) is 0 Å². The summed E-state index contributed by atoms with van der Waals surface area (Å²) in [5, 5.41) is 11.3. The van der Waals surface area contributed by atoms with Crippen molar-refractivity contribution in [3.8, 4) is 0 Å². The molecule has 11 nitrogen and oxygen atoms in total. The van der Waals surface area contributed by atoms with Crippen LogP contribution in [0.2, 0.25) is 0 Å². The monoisotopic (exact) mass is 498 g/mol. The number of imidazole rings is 1. The van der Waals surface area contributed by atoms with Gasteiger partial charge < -0.3 is 19.5 Å². The average Bonchev–Trinajstić information content (AvgIpc) is 3.60. The Morgan fingerprint density at radius 1 is 1.33 bits per heavy atom. The number of rotatable bonds is 7. The van der Waals surface area contributed by atoms with Crippen LogP contribution >= 0.6 is 0 Å². The van der Waals surface area contributed by atoms with E-state index < -0.39 is 17.7 Å². The van der Waals surface area contributed by atoms with Gasteiger partial charge in [-0.25, -0.2) is 18.9 Å². The van der Waals surface area contributed by atoms with Crippen LogP contribution in [0.25, 0.3) is 0 Å². The minimum absolute atomic E-state index is 0.186. The maximum absolute atomic E-state index is 15.3. The molecular weight excluding hydrogens is 467 g/mol. The van der Waals surface area contributed by atoms with E-state index in [9.17, 15) is 9.59 Å². The summed E-state index contributed by atoms with van der Waals surface area (Å²) in [6.45, 7) is 5.82. The SMILES string of the molecule is CC(=O)NC[C@H]1CN(C2(C)C=C(F)C(N3CCC(n4cc(Cn5ccnc5)nn4)CC3)=CC2)C(=O)O1. The Hall–Kier alpha value is -3.70. The maximum Gasteiger partial charge on any atom is 0.411 e. The second-order valence-corrected chi connectivity index (χ2v) is 9.84. The van der Waals surface area contributed by atoms with E-state index in [1.54, 1.807) is 17.4 Å². The van der Waals surface area contributed by atoms with Crippen molar-refractivity contribution in [1.82, 2.24) is 39.7 Å². The molecule has 1 aliphatic carbocycles. The van der Waals surface area contributed by atoms with Crippen LogP contribution in [-0.4, -0.2) is 84.2 Å². The van der Waals surface area contributed by atoms with E-state index in [0.717, 1.165) is 18.5 Å². The van der Waals surface area contributed by atoms with Gasteiger partial charge in [0.05, 0.1) is 49.4 Å². The standard InChI is InChI=1S/C24H31FN8O3/c1-17(34)27-12-20-15-32(23(35)36-20)24(2)6-3-22(21(25)11-24)31-8-4-19(5-9-31)33-14-18(28-29-33)13-30-10-7-26-16-30/h3,7,10-11,14,16,19-20H,4-6,8-9,12-13,15H2,1-2H3,(H,27,34)/t20-,24?/m0/s1. The molecule has 2 aromatic heterocycles. The number of amides is 2. The van der Waals surface area contributed by atoms with Crippen molar-refractivity contribution in [3.05, 3.63) is 54.3 Å². The summed E-state index contributed by atoms with van der Waals surface area (Å²) in [6, 6.07) is 0.215. The molecule has 36 heavy (non-hydrogen) atoms. The number of aromatic nitrogens is 5. The van der Waals surface area contributed by atoms with Gasteiger partial charge in [0.15, 0.2) is 0 Å². The fraction of sp³-hybridized carbons (Fsp3) is 0.542. The molecule has 2 amide bonds. The number of allylic oxidation sites excluding steroid dienone is 1. The van der Waals surface area contributed by atoms with Gasteiger partial charge in [-0.05, 0) is 32.3 Å². The lowest BCUT2D eigenvalue weighted by Gasteiger charge is -2.40. The van der Waals surface area contributed by atoms with Crippen LogP contribution in [-0.2, 0) is 16.1 Å². The van der Waals surface area contributed by atoms with Crippen molar-refractivity contribution in [3.63, 3.8) is 0 Å². The molecule has 2 aliphatic heterocycles. The highest BCUT2D eigenvalue weighted by atomic mass is 19.1. The maximum atomic E-state index is 15.3. The molecule has 2 aromatic rings. The molecule has 12 heteroatoms. The van der Waals surface area contributed by atoms with Gasteiger partial charge in [-0.15, -0.1) is 5.10 Å². The predicted octanol–water partition coefficient (Wildman–Crippen LogP) is 2.02. The highest BCUT2D eigenvalue weighted by Crippen LogP contribution is 2.37. The molecule has 0 aromatic carbocycles. The normalized spacial score (nSPS) is 25.0. The number of hydrogen-bond donors (Lipinski definition) is 1. The van der Waals surface area contributed by atoms with Crippen molar-refractivity contribution in [2.75, 3.05) is 26.2 Å². The highest BCUT2D eigenvalue weighted by molar-refractivity contribution is 5.74. The Labute approximate surface area is 208 Å². The number of hydrogen-bond acceptors (Lipinski definition) is 7. The zero-order valence-corrected chi connectivity index (χ0v) is 20.5. The molecule has 1 unspecified atom stereocenters. The van der Waals surface area contributed by atoms with Crippen LogP contribution < -0.4 is 5.32 Å². The van der Waals surface area contributed by atoms with Gasteiger partial charge in [-0.3, -0.25) is 9.69 Å². The van der Waals surface area contributed by atoms with Crippen LogP contribution in [0.1, 0.15) is 44.8 Å². The molecule has 0 spiro atoms. The van der Waals surface area contributed by atoms with Crippen molar-refractivity contribution in [2.45, 2.75) is 57.3 Å². The van der Waals surface area contributed by atoms with Crippen LogP contribution in [0, 0.1) is 0 Å². The minimum Gasteiger partial charge on any atom is -0.442 e. The first-order valence-electron chi connectivity index (χ1n) is 12.2. The average molecular weight is 499 g/mol. The van der Waals surface area contributed by atoms with Crippen LogP contribution in [0.4, 0.5) is 9.18 Å². The molecule has 1 N–H and O–H groups in total. The first kappa shape index (κ1) is 24.0. The lowest BCUT2D eigenvalue weighted by Crippen LogP contribution is -2.48. The summed E-state index contributed by atoms with van der Waals surface area (Å²) in [7, 11) is 0. The second kappa shape index (κ2) is 9.75. The Morgan fingerprint density at radius 3 is 2.83 bits per heavy atom. The Kier molecular flexibility index (Phi) is 6.50. The molecule has 2 saturated heterocycles. The molecule has 0 saturated carbocycles. The number of nitrogens with one attached hydrogen (secondary N) is 1. The molecular formula is C24H31FN8O3. The first-order valence-corrected chi connectivity index (χ1v) is 12.2. The van der Waals surface area contributed by atoms with E-state index in [4.69, 9.17) is 4.74 Å². The summed E-state index contributed by atoms with van der Waals surface area (Å²) in [5.74, 6) is -0.516. The molecule has 0 bridgehead atoms.